The van der Waals surface area contributed by atoms with Gasteiger partial charge in [-0.25, -0.2) is 9.18 Å². The molecule has 5 nitrogen and oxygen atoms in total. The Labute approximate surface area is 152 Å². The number of carbonyl (C=O) groups excluding carboxylic acids is 2. The Morgan fingerprint density at radius 3 is 2.46 bits per heavy atom. The molecule has 0 radical (unpaired) electrons. The van der Waals surface area contributed by atoms with E-state index >= 15 is 0 Å². The number of carbonyl (C=O) groups is 2. The Kier molecular flexibility index (Phi) is 4.93. The molecule has 6 heteroatoms. The molecule has 1 atom stereocenters. The van der Waals surface area contributed by atoms with E-state index in [0.29, 0.717) is 29.9 Å². The maximum Gasteiger partial charge on any atom is 0.319 e. The van der Waals surface area contributed by atoms with E-state index in [1.54, 1.807) is 24.0 Å². The first-order valence-electron chi connectivity index (χ1n) is 8.57. The number of hydrogen-bond donors (Lipinski definition) is 2. The van der Waals surface area contributed by atoms with Crippen LogP contribution in [0.4, 0.5) is 20.6 Å². The van der Waals surface area contributed by atoms with Crippen LogP contribution in [0.5, 0.6) is 0 Å². The van der Waals surface area contributed by atoms with Gasteiger partial charge in [-0.3, -0.25) is 4.79 Å². The van der Waals surface area contributed by atoms with Crippen LogP contribution >= 0.6 is 0 Å². The van der Waals surface area contributed by atoms with Gasteiger partial charge in [-0.05, 0) is 74.2 Å². The molecule has 136 valence electrons. The molecule has 0 aliphatic carbocycles. The second-order valence-corrected chi connectivity index (χ2v) is 6.74. The second-order valence-electron chi connectivity index (χ2n) is 6.74. The van der Waals surface area contributed by atoms with Crippen LogP contribution in [0.15, 0.2) is 36.4 Å². The molecule has 2 aromatic carbocycles. The minimum Gasteiger partial charge on any atom is -0.326 e. The summed E-state index contributed by atoms with van der Waals surface area (Å²) < 4.78 is 13.4. The standard InChI is InChI=1S/C20H22FN3O2/c1-12-8-13(2)10-15(9-12)22-20(26)23-18-6-7-24(19(18)25)16-4-5-17(21)14(3)11-16/h4-5,8-11,18H,6-7H2,1-3H3,(H2,22,23,26)/t18-/m0/s1. The number of rotatable bonds is 3. The van der Waals surface area contributed by atoms with Crippen molar-refractivity contribution in [2.75, 3.05) is 16.8 Å². The average molecular weight is 355 g/mol. The van der Waals surface area contributed by atoms with E-state index in [1.165, 1.54) is 6.07 Å². The van der Waals surface area contributed by atoms with Crippen LogP contribution in [0.25, 0.3) is 0 Å². The number of hydrogen-bond acceptors (Lipinski definition) is 2. The number of amides is 3. The largest absolute Gasteiger partial charge is 0.326 e. The van der Waals surface area contributed by atoms with Gasteiger partial charge < -0.3 is 15.5 Å². The number of halogens is 1. The summed E-state index contributed by atoms with van der Waals surface area (Å²) in [6, 6.07) is 9.34. The van der Waals surface area contributed by atoms with E-state index in [9.17, 15) is 14.0 Å². The molecule has 0 aromatic heterocycles. The molecule has 2 aromatic rings. The van der Waals surface area contributed by atoms with Crippen molar-refractivity contribution < 1.29 is 14.0 Å². The average Bonchev–Trinajstić information content (AvgIpc) is 2.90. The first-order valence-corrected chi connectivity index (χ1v) is 8.57. The van der Waals surface area contributed by atoms with Gasteiger partial charge in [-0.15, -0.1) is 0 Å². The van der Waals surface area contributed by atoms with E-state index in [4.69, 9.17) is 0 Å². The van der Waals surface area contributed by atoms with Gasteiger partial charge in [-0.1, -0.05) is 6.07 Å². The monoisotopic (exact) mass is 355 g/mol. The number of aryl methyl sites for hydroxylation is 3. The zero-order valence-electron chi connectivity index (χ0n) is 15.1. The predicted octanol–water partition coefficient (Wildman–Crippen LogP) is 3.68. The number of benzene rings is 2. The van der Waals surface area contributed by atoms with Crippen LogP contribution in [-0.2, 0) is 4.79 Å². The lowest BCUT2D eigenvalue weighted by atomic mass is 10.1. The molecular weight excluding hydrogens is 333 g/mol. The van der Waals surface area contributed by atoms with E-state index in [-0.39, 0.29) is 11.7 Å². The summed E-state index contributed by atoms with van der Waals surface area (Å²) >= 11 is 0. The molecule has 0 spiro atoms. The molecule has 0 bridgehead atoms. The quantitative estimate of drug-likeness (QED) is 0.882. The maximum absolute atomic E-state index is 13.4. The first-order chi connectivity index (χ1) is 12.3. The summed E-state index contributed by atoms with van der Waals surface area (Å²) in [5.74, 6) is -0.491. The van der Waals surface area contributed by atoms with Gasteiger partial charge >= 0.3 is 6.03 Å². The van der Waals surface area contributed by atoms with Crippen LogP contribution in [0.1, 0.15) is 23.1 Å². The molecule has 1 heterocycles. The van der Waals surface area contributed by atoms with Crippen LogP contribution in [0, 0.1) is 26.6 Å². The lowest BCUT2D eigenvalue weighted by molar-refractivity contribution is -0.118. The normalized spacial score (nSPS) is 16.7. The van der Waals surface area contributed by atoms with Crippen molar-refractivity contribution in [2.45, 2.75) is 33.2 Å². The number of nitrogens with one attached hydrogen (secondary N) is 2. The third-order valence-electron chi connectivity index (χ3n) is 4.44. The zero-order valence-corrected chi connectivity index (χ0v) is 15.1. The topological polar surface area (TPSA) is 61.4 Å². The van der Waals surface area contributed by atoms with Crippen LogP contribution in [0.2, 0.25) is 0 Å². The molecule has 0 saturated carbocycles. The fourth-order valence-electron chi connectivity index (χ4n) is 3.24. The van der Waals surface area contributed by atoms with Crippen molar-refractivity contribution in [2.24, 2.45) is 0 Å². The lowest BCUT2D eigenvalue weighted by Crippen LogP contribution is -2.43. The third kappa shape index (κ3) is 3.85. The summed E-state index contributed by atoms with van der Waals surface area (Å²) in [6.07, 6.45) is 0.509. The highest BCUT2D eigenvalue weighted by molar-refractivity contribution is 6.02. The molecule has 1 saturated heterocycles. The SMILES string of the molecule is Cc1cc(C)cc(NC(=O)N[C@H]2CCN(c3ccc(F)c(C)c3)C2=O)c1. The molecule has 3 amide bonds. The number of urea groups is 1. The summed E-state index contributed by atoms with van der Waals surface area (Å²) in [5.41, 5.74) is 3.92. The van der Waals surface area contributed by atoms with Crippen molar-refractivity contribution in [3.05, 3.63) is 58.9 Å². The highest BCUT2D eigenvalue weighted by atomic mass is 19.1. The van der Waals surface area contributed by atoms with Gasteiger partial charge in [0.05, 0.1) is 0 Å². The summed E-state index contributed by atoms with van der Waals surface area (Å²) in [4.78, 5) is 26.4. The Hall–Kier alpha value is -2.89. The first kappa shape index (κ1) is 17.9. The molecule has 3 rings (SSSR count). The minimum absolute atomic E-state index is 0.188. The van der Waals surface area contributed by atoms with Crippen LogP contribution in [-0.4, -0.2) is 24.5 Å². The Morgan fingerprint density at radius 2 is 1.81 bits per heavy atom. The van der Waals surface area contributed by atoms with Crippen LogP contribution in [0.3, 0.4) is 0 Å². The Bertz CT molecular complexity index is 846. The van der Waals surface area contributed by atoms with Crippen molar-refractivity contribution >= 4 is 23.3 Å². The van der Waals surface area contributed by atoms with Gasteiger partial charge in [-0.2, -0.15) is 0 Å². The van der Waals surface area contributed by atoms with Crippen molar-refractivity contribution in [3.63, 3.8) is 0 Å². The van der Waals surface area contributed by atoms with E-state index in [2.05, 4.69) is 10.6 Å². The number of nitrogens with zero attached hydrogens (tertiary/aromatic N) is 1. The van der Waals surface area contributed by atoms with E-state index in [0.717, 1.165) is 11.1 Å². The second kappa shape index (κ2) is 7.15. The molecule has 1 aliphatic rings. The summed E-state index contributed by atoms with van der Waals surface area (Å²) in [6.45, 7) is 6.06. The number of anilines is 2. The summed E-state index contributed by atoms with van der Waals surface area (Å²) in [7, 11) is 0. The van der Waals surface area contributed by atoms with Gasteiger partial charge in [0.15, 0.2) is 0 Å². The fraction of sp³-hybridized carbons (Fsp3) is 0.300. The molecule has 26 heavy (non-hydrogen) atoms. The van der Waals surface area contributed by atoms with Crippen LogP contribution < -0.4 is 15.5 Å². The molecule has 2 N–H and O–H groups in total. The molecule has 0 unspecified atom stereocenters. The third-order valence-corrected chi connectivity index (χ3v) is 4.44. The highest BCUT2D eigenvalue weighted by Crippen LogP contribution is 2.24. The van der Waals surface area contributed by atoms with Gasteiger partial charge in [0, 0.05) is 17.9 Å². The van der Waals surface area contributed by atoms with Gasteiger partial charge in [0.25, 0.3) is 0 Å². The van der Waals surface area contributed by atoms with Crippen molar-refractivity contribution in [1.82, 2.24) is 5.32 Å². The van der Waals surface area contributed by atoms with E-state index in [1.807, 2.05) is 32.0 Å². The highest BCUT2D eigenvalue weighted by Gasteiger charge is 2.33. The van der Waals surface area contributed by atoms with Gasteiger partial charge in [0.2, 0.25) is 5.91 Å². The molecule has 1 aliphatic heterocycles. The Morgan fingerprint density at radius 1 is 1.12 bits per heavy atom. The maximum atomic E-state index is 13.4. The minimum atomic E-state index is -0.591. The zero-order chi connectivity index (χ0) is 18.8. The van der Waals surface area contributed by atoms with Gasteiger partial charge in [0.1, 0.15) is 11.9 Å². The van der Waals surface area contributed by atoms with Crippen molar-refractivity contribution in [3.8, 4) is 0 Å². The fourth-order valence-corrected chi connectivity index (χ4v) is 3.24. The van der Waals surface area contributed by atoms with Crippen molar-refractivity contribution in [1.29, 1.82) is 0 Å². The molecular formula is C20H22FN3O2. The Balaban J connectivity index is 1.64. The lowest BCUT2D eigenvalue weighted by Gasteiger charge is -2.18. The van der Waals surface area contributed by atoms with E-state index < -0.39 is 12.1 Å². The molecule has 1 fully saturated rings. The smallest absolute Gasteiger partial charge is 0.319 e. The summed E-state index contributed by atoms with van der Waals surface area (Å²) in [5, 5.41) is 5.50. The predicted molar refractivity (Wildman–Crippen MR) is 100.0 cm³/mol.